The van der Waals surface area contributed by atoms with Gasteiger partial charge in [0.1, 0.15) is 12.3 Å². The first-order valence-corrected chi connectivity index (χ1v) is 8.54. The van der Waals surface area contributed by atoms with Gasteiger partial charge in [0.05, 0.1) is 18.2 Å². The highest BCUT2D eigenvalue weighted by Crippen LogP contribution is 2.28. The molecule has 0 bridgehead atoms. The average Bonchev–Trinajstić information content (AvgIpc) is 2.73. The van der Waals surface area contributed by atoms with E-state index < -0.39 is 4.92 Å². The molecule has 0 unspecified atom stereocenters. The van der Waals surface area contributed by atoms with E-state index in [9.17, 15) is 10.1 Å². The van der Waals surface area contributed by atoms with E-state index in [0.717, 1.165) is 11.1 Å². The number of anilines is 1. The number of hydrogen-bond acceptors (Lipinski definition) is 6. The molecule has 0 heterocycles. The molecule has 0 saturated heterocycles. The number of nitrogens with zero attached hydrogens (tertiary/aromatic N) is 2. The minimum absolute atomic E-state index is 0.0405. The van der Waals surface area contributed by atoms with Crippen molar-refractivity contribution in [2.45, 2.75) is 6.61 Å². The summed E-state index contributed by atoms with van der Waals surface area (Å²) in [7, 11) is 1.58. The van der Waals surface area contributed by atoms with Gasteiger partial charge < -0.3 is 9.47 Å². The van der Waals surface area contributed by atoms with Crippen molar-refractivity contribution in [3.8, 4) is 11.5 Å². The van der Waals surface area contributed by atoms with Gasteiger partial charge in [-0.15, -0.1) is 0 Å². The lowest BCUT2D eigenvalue weighted by atomic mass is 10.2. The maximum absolute atomic E-state index is 11.0. The van der Waals surface area contributed by atoms with Crippen LogP contribution in [0.1, 0.15) is 11.1 Å². The fourth-order valence-electron chi connectivity index (χ4n) is 2.53. The highest BCUT2D eigenvalue weighted by atomic mass is 16.6. The molecule has 0 aliphatic carbocycles. The van der Waals surface area contributed by atoms with E-state index in [4.69, 9.17) is 9.47 Å². The summed E-state index contributed by atoms with van der Waals surface area (Å²) in [4.78, 5) is 10.6. The number of para-hydroxylation sites is 2. The highest BCUT2D eigenvalue weighted by Gasteiger charge is 2.11. The van der Waals surface area contributed by atoms with Gasteiger partial charge >= 0.3 is 0 Å². The normalized spacial score (nSPS) is 10.6. The van der Waals surface area contributed by atoms with Crippen molar-refractivity contribution in [1.29, 1.82) is 0 Å². The summed E-state index contributed by atoms with van der Waals surface area (Å²) in [6.45, 7) is 0.409. The average molecular weight is 377 g/mol. The van der Waals surface area contributed by atoms with Crippen LogP contribution in [0, 0.1) is 10.1 Å². The van der Waals surface area contributed by atoms with Crippen LogP contribution in [0.5, 0.6) is 11.5 Å². The molecule has 142 valence electrons. The molecular weight excluding hydrogens is 358 g/mol. The zero-order valence-corrected chi connectivity index (χ0v) is 15.2. The van der Waals surface area contributed by atoms with Crippen molar-refractivity contribution in [2.75, 3.05) is 12.5 Å². The lowest BCUT2D eigenvalue weighted by molar-refractivity contribution is -0.384. The number of ether oxygens (including phenoxy) is 2. The molecule has 0 aromatic heterocycles. The minimum atomic E-state index is -0.458. The molecule has 7 nitrogen and oxygen atoms in total. The Morgan fingerprint density at radius 1 is 1.04 bits per heavy atom. The molecule has 28 heavy (non-hydrogen) atoms. The first kappa shape index (κ1) is 18.9. The molecule has 3 aromatic rings. The smallest absolute Gasteiger partial charge is 0.294 e. The Kier molecular flexibility index (Phi) is 6.20. The molecule has 0 atom stereocenters. The first-order chi connectivity index (χ1) is 13.7. The van der Waals surface area contributed by atoms with E-state index in [1.165, 1.54) is 6.07 Å². The van der Waals surface area contributed by atoms with Crippen molar-refractivity contribution in [1.82, 2.24) is 0 Å². The van der Waals surface area contributed by atoms with Crippen LogP contribution in [-0.4, -0.2) is 18.2 Å². The SMILES string of the molecule is COc1ccc(/C=N\Nc2ccccc2[N+](=O)[O-])cc1OCc1ccccc1. The summed E-state index contributed by atoms with van der Waals surface area (Å²) < 4.78 is 11.2. The van der Waals surface area contributed by atoms with Gasteiger partial charge in [-0.2, -0.15) is 5.10 Å². The number of nitro benzene ring substituents is 1. The number of methoxy groups -OCH3 is 1. The monoisotopic (exact) mass is 377 g/mol. The van der Waals surface area contributed by atoms with Gasteiger partial charge in [0.2, 0.25) is 0 Å². The molecule has 0 fully saturated rings. The van der Waals surface area contributed by atoms with E-state index in [0.29, 0.717) is 23.8 Å². The predicted molar refractivity (Wildman–Crippen MR) is 108 cm³/mol. The highest BCUT2D eigenvalue weighted by molar-refractivity contribution is 5.81. The number of nitrogens with one attached hydrogen (secondary N) is 1. The van der Waals surface area contributed by atoms with Crippen molar-refractivity contribution >= 4 is 17.6 Å². The molecule has 0 amide bonds. The van der Waals surface area contributed by atoms with Crippen molar-refractivity contribution in [2.24, 2.45) is 5.10 Å². The van der Waals surface area contributed by atoms with Crippen LogP contribution >= 0.6 is 0 Å². The molecule has 1 N–H and O–H groups in total. The number of nitro groups is 1. The van der Waals surface area contributed by atoms with Crippen LogP contribution in [0.2, 0.25) is 0 Å². The molecule has 7 heteroatoms. The van der Waals surface area contributed by atoms with Crippen LogP contribution in [0.3, 0.4) is 0 Å². The first-order valence-electron chi connectivity index (χ1n) is 8.54. The standard InChI is InChI=1S/C21H19N3O4/c1-27-20-12-11-17(13-21(20)28-15-16-7-3-2-4-8-16)14-22-23-18-9-5-6-10-19(18)24(25)26/h2-14,23H,15H2,1H3/b22-14-. The minimum Gasteiger partial charge on any atom is -0.493 e. The van der Waals surface area contributed by atoms with Gasteiger partial charge in [-0.3, -0.25) is 15.5 Å². The number of hydrogen-bond donors (Lipinski definition) is 1. The maximum atomic E-state index is 11.0. The molecule has 0 spiro atoms. The van der Waals surface area contributed by atoms with E-state index in [-0.39, 0.29) is 5.69 Å². The third-order valence-corrected chi connectivity index (χ3v) is 3.92. The van der Waals surface area contributed by atoms with Crippen LogP contribution in [0.15, 0.2) is 77.9 Å². The van der Waals surface area contributed by atoms with Crippen molar-refractivity contribution in [3.05, 3.63) is 94.0 Å². The summed E-state index contributed by atoms with van der Waals surface area (Å²) in [6.07, 6.45) is 1.56. The van der Waals surface area contributed by atoms with E-state index in [1.807, 2.05) is 36.4 Å². The number of rotatable bonds is 8. The zero-order chi connectivity index (χ0) is 19.8. The second-order valence-electron chi connectivity index (χ2n) is 5.83. The molecule has 0 aliphatic rings. The Balaban J connectivity index is 1.72. The Morgan fingerprint density at radius 2 is 1.79 bits per heavy atom. The Labute approximate surface area is 162 Å². The molecule has 3 aromatic carbocycles. The summed E-state index contributed by atoms with van der Waals surface area (Å²) in [5.74, 6) is 1.20. The van der Waals surface area contributed by atoms with Crippen LogP contribution < -0.4 is 14.9 Å². The van der Waals surface area contributed by atoms with Crippen molar-refractivity contribution in [3.63, 3.8) is 0 Å². The lowest BCUT2D eigenvalue weighted by Crippen LogP contribution is -1.99. The van der Waals surface area contributed by atoms with E-state index >= 15 is 0 Å². The second-order valence-corrected chi connectivity index (χ2v) is 5.83. The molecule has 0 saturated carbocycles. The van der Waals surface area contributed by atoms with Crippen LogP contribution in [0.25, 0.3) is 0 Å². The Hall–Kier alpha value is -3.87. The molecule has 3 rings (SSSR count). The third-order valence-electron chi connectivity index (χ3n) is 3.92. The Bertz CT molecular complexity index is 974. The fraction of sp³-hybridized carbons (Fsp3) is 0.0952. The zero-order valence-electron chi connectivity index (χ0n) is 15.2. The van der Waals surface area contributed by atoms with Gasteiger partial charge in [-0.05, 0) is 35.4 Å². The molecule has 0 aliphatic heterocycles. The lowest BCUT2D eigenvalue weighted by Gasteiger charge is -2.11. The van der Waals surface area contributed by atoms with Gasteiger partial charge in [-0.1, -0.05) is 42.5 Å². The second kappa shape index (κ2) is 9.18. The molecule has 0 radical (unpaired) electrons. The third kappa shape index (κ3) is 4.85. The fourth-order valence-corrected chi connectivity index (χ4v) is 2.53. The number of benzene rings is 3. The van der Waals surface area contributed by atoms with Gasteiger partial charge in [0.25, 0.3) is 5.69 Å². The summed E-state index contributed by atoms with van der Waals surface area (Å²) in [6, 6.07) is 21.5. The van der Waals surface area contributed by atoms with E-state index in [2.05, 4.69) is 10.5 Å². The van der Waals surface area contributed by atoms with Crippen molar-refractivity contribution < 1.29 is 14.4 Å². The molecular formula is C21H19N3O4. The Morgan fingerprint density at radius 3 is 2.54 bits per heavy atom. The van der Waals surface area contributed by atoms with Gasteiger partial charge in [-0.25, -0.2) is 0 Å². The van der Waals surface area contributed by atoms with Gasteiger partial charge in [0.15, 0.2) is 11.5 Å². The summed E-state index contributed by atoms with van der Waals surface area (Å²) >= 11 is 0. The van der Waals surface area contributed by atoms with Crippen LogP contribution in [0.4, 0.5) is 11.4 Å². The van der Waals surface area contributed by atoms with Crippen LogP contribution in [-0.2, 0) is 6.61 Å². The number of hydrazone groups is 1. The predicted octanol–water partition coefficient (Wildman–Crippen LogP) is 4.63. The summed E-state index contributed by atoms with van der Waals surface area (Å²) in [5.41, 5.74) is 4.78. The largest absolute Gasteiger partial charge is 0.493 e. The summed E-state index contributed by atoms with van der Waals surface area (Å²) in [5, 5.41) is 15.1. The topological polar surface area (TPSA) is 86.0 Å². The van der Waals surface area contributed by atoms with E-state index in [1.54, 1.807) is 43.7 Å². The van der Waals surface area contributed by atoms with Gasteiger partial charge in [0, 0.05) is 6.07 Å². The maximum Gasteiger partial charge on any atom is 0.294 e. The quantitative estimate of drug-likeness (QED) is 0.351.